The Kier molecular flexibility index (Phi) is 9.92. The van der Waals surface area contributed by atoms with Gasteiger partial charge >= 0.3 is 0 Å². The van der Waals surface area contributed by atoms with Crippen molar-refractivity contribution in [1.29, 1.82) is 0 Å². The van der Waals surface area contributed by atoms with Gasteiger partial charge < -0.3 is 24.5 Å². The highest BCUT2D eigenvalue weighted by atomic mass is 127. The number of aliphatic imine (C=N–C) groups is 1. The van der Waals surface area contributed by atoms with Gasteiger partial charge in [0.25, 0.3) is 0 Å². The lowest BCUT2D eigenvalue weighted by Gasteiger charge is -2.17. The van der Waals surface area contributed by atoms with Gasteiger partial charge in [-0.05, 0) is 50.2 Å². The fraction of sp³-hybridized carbons (Fsp3) is 0.750. The smallest absolute Gasteiger partial charge is 0.191 e. The van der Waals surface area contributed by atoms with E-state index in [0.717, 1.165) is 77.0 Å². The summed E-state index contributed by atoms with van der Waals surface area (Å²) >= 11 is 0. The Morgan fingerprint density at radius 2 is 2.26 bits per heavy atom. The maximum absolute atomic E-state index is 5.53. The highest BCUT2D eigenvalue weighted by Gasteiger charge is 2.41. The van der Waals surface area contributed by atoms with Crippen LogP contribution in [0.25, 0.3) is 0 Å². The van der Waals surface area contributed by atoms with Crippen molar-refractivity contribution >= 4 is 29.9 Å². The second-order valence-electron chi connectivity index (χ2n) is 7.48. The van der Waals surface area contributed by atoms with E-state index in [0.29, 0.717) is 11.3 Å². The van der Waals surface area contributed by atoms with Gasteiger partial charge in [0.2, 0.25) is 0 Å². The molecule has 1 unspecified atom stereocenters. The zero-order valence-electron chi connectivity index (χ0n) is 16.4. The topological polar surface area (TPSA) is 68.0 Å². The van der Waals surface area contributed by atoms with E-state index in [1.54, 1.807) is 6.26 Å². The Labute approximate surface area is 179 Å². The Bertz CT molecular complexity index is 541. The Hall–Kier alpha value is -0.800. The van der Waals surface area contributed by atoms with Crippen LogP contribution in [0.3, 0.4) is 0 Å². The number of nitrogens with zero attached hydrogens (tertiary/aromatic N) is 1. The molecule has 1 saturated carbocycles. The zero-order valence-corrected chi connectivity index (χ0v) is 18.7. The lowest BCUT2D eigenvalue weighted by Crippen LogP contribution is -2.41. The molecule has 0 spiro atoms. The van der Waals surface area contributed by atoms with Gasteiger partial charge in [0.1, 0.15) is 5.76 Å². The normalized spacial score (nSPS) is 20.9. The van der Waals surface area contributed by atoms with Crippen LogP contribution < -0.4 is 10.6 Å². The minimum atomic E-state index is 0. The summed E-state index contributed by atoms with van der Waals surface area (Å²) in [5.74, 6) is 2.49. The number of nitrogens with one attached hydrogen (secondary N) is 2. The summed E-state index contributed by atoms with van der Waals surface area (Å²) < 4.78 is 16.4. The first kappa shape index (κ1) is 22.5. The maximum Gasteiger partial charge on any atom is 0.191 e. The van der Waals surface area contributed by atoms with E-state index >= 15 is 0 Å². The van der Waals surface area contributed by atoms with Crippen molar-refractivity contribution in [3.05, 3.63) is 24.2 Å². The molecule has 7 heteroatoms. The Balaban J connectivity index is 0.00000261. The summed E-state index contributed by atoms with van der Waals surface area (Å²) in [5, 5.41) is 6.96. The van der Waals surface area contributed by atoms with E-state index in [2.05, 4.69) is 17.6 Å². The van der Waals surface area contributed by atoms with Crippen molar-refractivity contribution in [2.45, 2.75) is 39.0 Å². The molecule has 2 N–H and O–H groups in total. The molecule has 1 aliphatic carbocycles. The predicted molar refractivity (Wildman–Crippen MR) is 118 cm³/mol. The molecule has 6 nitrogen and oxygen atoms in total. The van der Waals surface area contributed by atoms with Crippen molar-refractivity contribution < 1.29 is 13.9 Å². The number of rotatable bonds is 11. The summed E-state index contributed by atoms with van der Waals surface area (Å²) in [6.45, 7) is 8.03. The van der Waals surface area contributed by atoms with E-state index in [9.17, 15) is 0 Å². The molecule has 1 saturated heterocycles. The third-order valence-electron chi connectivity index (χ3n) is 5.34. The molecule has 154 valence electrons. The van der Waals surface area contributed by atoms with E-state index in [4.69, 9.17) is 18.9 Å². The molecule has 1 aromatic heterocycles. The van der Waals surface area contributed by atoms with Gasteiger partial charge in [-0.25, -0.2) is 0 Å². The maximum atomic E-state index is 5.53. The van der Waals surface area contributed by atoms with E-state index in [-0.39, 0.29) is 24.0 Å². The fourth-order valence-corrected chi connectivity index (χ4v) is 3.26. The standard InChI is InChI=1S/C20H33N3O3.HI/c1-2-24-13-9-20(7-8-20)16-23-19(22-14-17-6-12-25-15-17)21-10-5-18-4-3-11-26-18;/h3-4,11,17H,2,5-10,12-16H2,1H3,(H2,21,22,23);1H. The molecule has 27 heavy (non-hydrogen) atoms. The number of hydrogen-bond donors (Lipinski definition) is 2. The average Bonchev–Trinajstić information content (AvgIpc) is 3.06. The molecule has 1 aromatic rings. The van der Waals surface area contributed by atoms with Crippen LogP contribution in [0.5, 0.6) is 0 Å². The predicted octanol–water partition coefficient (Wildman–Crippen LogP) is 3.22. The van der Waals surface area contributed by atoms with Crippen molar-refractivity contribution in [3.8, 4) is 0 Å². The monoisotopic (exact) mass is 491 g/mol. The molecule has 3 rings (SSSR count). The summed E-state index contributed by atoms with van der Waals surface area (Å²) in [7, 11) is 0. The minimum absolute atomic E-state index is 0. The van der Waals surface area contributed by atoms with Crippen molar-refractivity contribution in [1.82, 2.24) is 10.6 Å². The largest absolute Gasteiger partial charge is 0.469 e. The van der Waals surface area contributed by atoms with E-state index < -0.39 is 0 Å². The van der Waals surface area contributed by atoms with Crippen molar-refractivity contribution in [2.75, 3.05) is 46.1 Å². The van der Waals surface area contributed by atoms with Gasteiger partial charge in [-0.1, -0.05) is 0 Å². The molecule has 0 radical (unpaired) electrons. The number of hydrogen-bond acceptors (Lipinski definition) is 4. The van der Waals surface area contributed by atoms with Crippen molar-refractivity contribution in [2.24, 2.45) is 16.3 Å². The molecular weight excluding hydrogens is 457 g/mol. The van der Waals surface area contributed by atoms with Crippen LogP contribution in [-0.2, 0) is 15.9 Å². The Morgan fingerprint density at radius 1 is 1.37 bits per heavy atom. The van der Waals surface area contributed by atoms with Gasteiger partial charge in [0, 0.05) is 51.8 Å². The summed E-state index contributed by atoms with van der Waals surface area (Å²) in [6, 6.07) is 3.94. The zero-order chi connectivity index (χ0) is 18.1. The molecule has 0 aromatic carbocycles. The van der Waals surface area contributed by atoms with Gasteiger partial charge in [-0.3, -0.25) is 4.99 Å². The van der Waals surface area contributed by atoms with Gasteiger partial charge in [-0.2, -0.15) is 0 Å². The van der Waals surface area contributed by atoms with Gasteiger partial charge in [0.05, 0.1) is 12.9 Å². The first-order valence-corrected chi connectivity index (χ1v) is 10.00. The van der Waals surface area contributed by atoms with Crippen LogP contribution in [0.1, 0.15) is 38.4 Å². The van der Waals surface area contributed by atoms with Crippen LogP contribution in [0.4, 0.5) is 0 Å². The molecule has 2 heterocycles. The first-order valence-electron chi connectivity index (χ1n) is 10.00. The van der Waals surface area contributed by atoms with Gasteiger partial charge in [0.15, 0.2) is 5.96 Å². The minimum Gasteiger partial charge on any atom is -0.469 e. The summed E-state index contributed by atoms with van der Waals surface area (Å²) in [4.78, 5) is 4.88. The van der Waals surface area contributed by atoms with E-state index in [1.807, 2.05) is 12.1 Å². The van der Waals surface area contributed by atoms with Gasteiger partial charge in [-0.15, -0.1) is 24.0 Å². The quantitative estimate of drug-likeness (QED) is 0.215. The molecule has 2 aliphatic rings. The van der Waals surface area contributed by atoms with Crippen LogP contribution in [0.15, 0.2) is 27.8 Å². The third kappa shape index (κ3) is 7.99. The fourth-order valence-electron chi connectivity index (χ4n) is 3.26. The molecule has 1 aliphatic heterocycles. The average molecular weight is 491 g/mol. The number of furan rings is 1. The second-order valence-corrected chi connectivity index (χ2v) is 7.48. The van der Waals surface area contributed by atoms with Crippen LogP contribution >= 0.6 is 24.0 Å². The molecule has 1 atom stereocenters. The highest BCUT2D eigenvalue weighted by molar-refractivity contribution is 14.0. The molecule has 0 amide bonds. The lowest BCUT2D eigenvalue weighted by molar-refractivity contribution is 0.129. The third-order valence-corrected chi connectivity index (χ3v) is 5.34. The van der Waals surface area contributed by atoms with Crippen molar-refractivity contribution in [3.63, 3.8) is 0 Å². The van der Waals surface area contributed by atoms with Crippen LogP contribution in [-0.4, -0.2) is 52.0 Å². The molecule has 0 bridgehead atoms. The second kappa shape index (κ2) is 11.9. The SMILES string of the molecule is CCOCCC1(CN=C(NCCc2ccco2)NCC2CCOC2)CC1.I. The number of guanidine groups is 1. The number of halogens is 1. The molecular formula is C20H34IN3O3. The lowest BCUT2D eigenvalue weighted by atomic mass is 10.0. The summed E-state index contributed by atoms with van der Waals surface area (Å²) in [5.41, 5.74) is 0.362. The molecule has 2 fully saturated rings. The number of ether oxygens (including phenoxy) is 2. The highest BCUT2D eigenvalue weighted by Crippen LogP contribution is 2.49. The van der Waals surface area contributed by atoms with Crippen LogP contribution in [0.2, 0.25) is 0 Å². The van der Waals surface area contributed by atoms with E-state index in [1.165, 1.54) is 12.8 Å². The van der Waals surface area contributed by atoms with Crippen LogP contribution in [0, 0.1) is 11.3 Å². The Morgan fingerprint density at radius 3 is 2.93 bits per heavy atom. The summed E-state index contributed by atoms with van der Waals surface area (Å²) in [6.07, 6.45) is 7.35. The first-order chi connectivity index (χ1) is 12.8.